The predicted molar refractivity (Wildman–Crippen MR) is 83.4 cm³/mol. The monoisotopic (exact) mass is 308 g/mol. The van der Waals surface area contributed by atoms with E-state index >= 15 is 0 Å². The van der Waals surface area contributed by atoms with Crippen LogP contribution in [0.5, 0.6) is 11.5 Å². The molecule has 22 heavy (non-hydrogen) atoms. The van der Waals surface area contributed by atoms with Crippen LogP contribution in [0.4, 0.5) is 0 Å². The van der Waals surface area contributed by atoms with Crippen LogP contribution in [0, 0.1) is 0 Å². The van der Waals surface area contributed by atoms with E-state index in [1.54, 1.807) is 19.1 Å². The first kappa shape index (κ1) is 16.6. The second kappa shape index (κ2) is 8.60. The number of methoxy groups -OCH3 is 1. The Hall–Kier alpha value is -1.79. The molecule has 6 nitrogen and oxygen atoms in total. The van der Waals surface area contributed by atoms with Crippen LogP contribution < -0.4 is 14.8 Å². The largest absolute Gasteiger partial charge is 0.493 e. The highest BCUT2D eigenvalue weighted by molar-refractivity contribution is 5.81. The van der Waals surface area contributed by atoms with E-state index in [1.165, 1.54) is 0 Å². The number of carbonyl (C=O) groups excluding carboxylic acids is 1. The second-order valence-corrected chi connectivity index (χ2v) is 5.18. The van der Waals surface area contributed by atoms with Crippen molar-refractivity contribution in [2.24, 2.45) is 0 Å². The third-order valence-electron chi connectivity index (χ3n) is 3.54. The van der Waals surface area contributed by atoms with Crippen LogP contribution in [0.15, 0.2) is 24.3 Å². The average Bonchev–Trinajstić information content (AvgIpc) is 2.59. The van der Waals surface area contributed by atoms with E-state index in [0.29, 0.717) is 32.1 Å². The maximum Gasteiger partial charge on any atom is 0.252 e. The van der Waals surface area contributed by atoms with E-state index in [0.717, 1.165) is 18.7 Å². The fourth-order valence-electron chi connectivity index (χ4n) is 2.30. The minimum absolute atomic E-state index is 0.0180. The Kier molecular flexibility index (Phi) is 6.48. The highest BCUT2D eigenvalue weighted by atomic mass is 16.5. The Morgan fingerprint density at radius 1 is 1.41 bits per heavy atom. The van der Waals surface area contributed by atoms with Gasteiger partial charge in [0.05, 0.1) is 20.3 Å². The molecule has 1 aromatic carbocycles. The normalized spacial score (nSPS) is 17.8. The first-order valence-corrected chi connectivity index (χ1v) is 7.55. The summed E-state index contributed by atoms with van der Waals surface area (Å²) in [5.74, 6) is 1.46. The van der Waals surface area contributed by atoms with Crippen LogP contribution in [0.25, 0.3) is 0 Å². The summed E-state index contributed by atoms with van der Waals surface area (Å²) < 4.78 is 16.4. The molecule has 1 aliphatic heterocycles. The van der Waals surface area contributed by atoms with Crippen molar-refractivity contribution in [1.82, 2.24) is 10.2 Å². The number of ether oxygens (including phenoxy) is 3. The van der Waals surface area contributed by atoms with E-state index < -0.39 is 0 Å². The van der Waals surface area contributed by atoms with E-state index in [1.807, 2.05) is 24.3 Å². The summed E-state index contributed by atoms with van der Waals surface area (Å²) in [5, 5.41) is 3.16. The van der Waals surface area contributed by atoms with Crippen molar-refractivity contribution in [2.75, 3.05) is 47.0 Å². The van der Waals surface area contributed by atoms with Crippen molar-refractivity contribution >= 4 is 5.91 Å². The average molecular weight is 308 g/mol. The van der Waals surface area contributed by atoms with Gasteiger partial charge in [0.1, 0.15) is 6.10 Å². The van der Waals surface area contributed by atoms with Crippen LogP contribution in [0.1, 0.15) is 6.42 Å². The summed E-state index contributed by atoms with van der Waals surface area (Å²) in [6.07, 6.45) is 0.384. The summed E-state index contributed by atoms with van der Waals surface area (Å²) in [6.45, 7) is 3.14. The standard InChI is InChI=1S/C16H24N2O4/c1-18(16(19)15-12-17-8-11-22-15)9-5-10-21-14-7-4-3-6-13(14)20-2/h3-4,6-7,15,17H,5,8-12H2,1-2H3/t15-/m1/s1. The zero-order chi connectivity index (χ0) is 15.8. The summed E-state index contributed by atoms with van der Waals surface area (Å²) in [6, 6.07) is 7.53. The van der Waals surface area contributed by atoms with Crippen molar-refractivity contribution in [2.45, 2.75) is 12.5 Å². The molecule has 0 aromatic heterocycles. The van der Waals surface area contributed by atoms with E-state index in [4.69, 9.17) is 14.2 Å². The van der Waals surface area contributed by atoms with Gasteiger partial charge in [0.15, 0.2) is 11.5 Å². The van der Waals surface area contributed by atoms with Crippen LogP contribution in [0.3, 0.4) is 0 Å². The van der Waals surface area contributed by atoms with Crippen LogP contribution >= 0.6 is 0 Å². The number of nitrogens with one attached hydrogen (secondary N) is 1. The molecule has 6 heteroatoms. The van der Waals surface area contributed by atoms with Gasteiger partial charge in [-0.1, -0.05) is 12.1 Å². The number of rotatable bonds is 7. The van der Waals surface area contributed by atoms with Gasteiger partial charge in [0.2, 0.25) is 0 Å². The SMILES string of the molecule is COc1ccccc1OCCCN(C)C(=O)[C@H]1CNCCO1. The third-order valence-corrected chi connectivity index (χ3v) is 3.54. The van der Waals surface area contributed by atoms with E-state index in [2.05, 4.69) is 5.32 Å². The molecule has 1 saturated heterocycles. The maximum absolute atomic E-state index is 12.2. The first-order valence-electron chi connectivity index (χ1n) is 7.55. The fraction of sp³-hybridized carbons (Fsp3) is 0.562. The minimum Gasteiger partial charge on any atom is -0.493 e. The zero-order valence-corrected chi connectivity index (χ0v) is 13.2. The minimum atomic E-state index is -0.367. The lowest BCUT2D eigenvalue weighted by atomic mass is 10.2. The number of morpholine rings is 1. The van der Waals surface area contributed by atoms with Gasteiger partial charge in [-0.3, -0.25) is 4.79 Å². The lowest BCUT2D eigenvalue weighted by Crippen LogP contribution is -2.48. The van der Waals surface area contributed by atoms with Crippen molar-refractivity contribution < 1.29 is 19.0 Å². The number of nitrogens with zero attached hydrogens (tertiary/aromatic N) is 1. The van der Waals surface area contributed by atoms with Gasteiger partial charge in [0, 0.05) is 26.7 Å². The van der Waals surface area contributed by atoms with Gasteiger partial charge in [-0.05, 0) is 18.6 Å². The number of para-hydroxylation sites is 2. The van der Waals surface area contributed by atoms with Crippen LogP contribution in [-0.4, -0.2) is 63.9 Å². The Morgan fingerprint density at radius 2 is 2.18 bits per heavy atom. The van der Waals surface area contributed by atoms with Crippen molar-refractivity contribution in [3.63, 3.8) is 0 Å². The van der Waals surface area contributed by atoms with Gasteiger partial charge in [-0.15, -0.1) is 0 Å². The number of carbonyl (C=O) groups is 1. The molecule has 1 atom stereocenters. The highest BCUT2D eigenvalue weighted by Gasteiger charge is 2.24. The van der Waals surface area contributed by atoms with Crippen molar-refractivity contribution in [3.8, 4) is 11.5 Å². The van der Waals surface area contributed by atoms with Crippen molar-refractivity contribution in [3.05, 3.63) is 24.3 Å². The molecular weight excluding hydrogens is 284 g/mol. The molecule has 0 spiro atoms. The Labute approximate surface area is 131 Å². The molecule has 0 saturated carbocycles. The van der Waals surface area contributed by atoms with Gasteiger partial charge >= 0.3 is 0 Å². The molecule has 0 aliphatic carbocycles. The molecule has 1 amide bonds. The lowest BCUT2D eigenvalue weighted by Gasteiger charge is -2.27. The first-order chi connectivity index (χ1) is 10.7. The van der Waals surface area contributed by atoms with Gasteiger partial charge in [-0.25, -0.2) is 0 Å². The van der Waals surface area contributed by atoms with Gasteiger partial charge in [-0.2, -0.15) is 0 Å². The van der Waals surface area contributed by atoms with Crippen LogP contribution in [0.2, 0.25) is 0 Å². The quantitative estimate of drug-likeness (QED) is 0.759. The number of benzene rings is 1. The molecular formula is C16H24N2O4. The lowest BCUT2D eigenvalue weighted by molar-refractivity contribution is -0.143. The molecule has 1 fully saturated rings. The molecule has 122 valence electrons. The Morgan fingerprint density at radius 3 is 2.86 bits per heavy atom. The third kappa shape index (κ3) is 4.61. The molecule has 1 aromatic rings. The molecule has 0 radical (unpaired) electrons. The maximum atomic E-state index is 12.2. The Balaban J connectivity index is 1.70. The fourth-order valence-corrected chi connectivity index (χ4v) is 2.30. The summed E-state index contributed by atoms with van der Waals surface area (Å²) in [7, 11) is 3.41. The van der Waals surface area contributed by atoms with Crippen molar-refractivity contribution in [1.29, 1.82) is 0 Å². The Bertz CT molecular complexity index is 475. The number of hydrogen-bond donors (Lipinski definition) is 1. The topological polar surface area (TPSA) is 60.0 Å². The highest BCUT2D eigenvalue weighted by Crippen LogP contribution is 2.25. The number of likely N-dealkylation sites (N-methyl/N-ethyl adjacent to an activating group) is 1. The summed E-state index contributed by atoms with van der Waals surface area (Å²) in [4.78, 5) is 13.9. The molecule has 1 N–H and O–H groups in total. The number of hydrogen-bond acceptors (Lipinski definition) is 5. The smallest absolute Gasteiger partial charge is 0.252 e. The number of amides is 1. The van der Waals surface area contributed by atoms with Gasteiger partial charge < -0.3 is 24.4 Å². The van der Waals surface area contributed by atoms with E-state index in [-0.39, 0.29) is 12.0 Å². The van der Waals surface area contributed by atoms with Gasteiger partial charge in [0.25, 0.3) is 5.91 Å². The molecule has 0 bridgehead atoms. The summed E-state index contributed by atoms with van der Waals surface area (Å²) in [5.41, 5.74) is 0. The molecule has 1 heterocycles. The predicted octanol–water partition coefficient (Wildman–Crippen LogP) is 0.911. The molecule has 2 rings (SSSR count). The second-order valence-electron chi connectivity index (χ2n) is 5.18. The zero-order valence-electron chi connectivity index (χ0n) is 13.2. The van der Waals surface area contributed by atoms with Crippen LogP contribution in [-0.2, 0) is 9.53 Å². The summed E-state index contributed by atoms with van der Waals surface area (Å²) >= 11 is 0. The molecule has 1 aliphatic rings. The molecule has 0 unspecified atom stereocenters. The van der Waals surface area contributed by atoms with E-state index in [9.17, 15) is 4.79 Å².